The van der Waals surface area contributed by atoms with Crippen LogP contribution in [0.2, 0.25) is 0 Å². The van der Waals surface area contributed by atoms with Gasteiger partial charge in [-0.05, 0) is 34.0 Å². The molecule has 1 amide bonds. The van der Waals surface area contributed by atoms with Crippen LogP contribution in [0.5, 0.6) is 0 Å². The van der Waals surface area contributed by atoms with Crippen LogP contribution in [-0.2, 0) is 11.2 Å². The summed E-state index contributed by atoms with van der Waals surface area (Å²) in [5.74, 6) is -1.33. The van der Waals surface area contributed by atoms with E-state index in [1.165, 1.54) is 0 Å². The summed E-state index contributed by atoms with van der Waals surface area (Å²) in [4.78, 5) is 22.3. The molecule has 0 unspecified atom stereocenters. The van der Waals surface area contributed by atoms with Gasteiger partial charge in [0.1, 0.15) is 5.56 Å². The minimum atomic E-state index is -1.14. The van der Waals surface area contributed by atoms with E-state index in [1.54, 1.807) is 6.07 Å². The Morgan fingerprint density at radius 1 is 1.50 bits per heavy atom. The van der Waals surface area contributed by atoms with E-state index in [0.717, 1.165) is 5.56 Å². The van der Waals surface area contributed by atoms with E-state index >= 15 is 0 Å². The van der Waals surface area contributed by atoms with E-state index in [4.69, 9.17) is 10.8 Å². The molecule has 0 saturated heterocycles. The molecule has 0 fully saturated rings. The summed E-state index contributed by atoms with van der Waals surface area (Å²) in [7, 11) is 0. The van der Waals surface area contributed by atoms with Gasteiger partial charge in [0.15, 0.2) is 0 Å². The molecule has 0 aliphatic carbocycles. The van der Waals surface area contributed by atoms with E-state index < -0.39 is 5.97 Å². The Hall–Kier alpha value is -1.56. The van der Waals surface area contributed by atoms with Gasteiger partial charge >= 0.3 is 5.97 Å². The first-order valence-corrected chi connectivity index (χ1v) is 5.44. The highest BCUT2D eigenvalue weighted by molar-refractivity contribution is 9.10. The number of anilines is 2. The third kappa shape index (κ3) is 1.65. The minimum absolute atomic E-state index is 0.0441. The fourth-order valence-corrected chi connectivity index (χ4v) is 2.20. The van der Waals surface area contributed by atoms with Crippen molar-refractivity contribution in [1.82, 2.24) is 0 Å². The first-order chi connectivity index (χ1) is 7.50. The van der Waals surface area contributed by atoms with Gasteiger partial charge in [-0.1, -0.05) is 0 Å². The lowest BCUT2D eigenvalue weighted by Gasteiger charge is -2.20. The predicted molar refractivity (Wildman–Crippen MR) is 62.5 cm³/mol. The van der Waals surface area contributed by atoms with Gasteiger partial charge < -0.3 is 16.2 Å². The number of nitrogens with one attached hydrogen (secondary N) is 1. The molecule has 0 atom stereocenters. The number of nitrogens with two attached hydrogens (primary N) is 1. The monoisotopic (exact) mass is 284 g/mol. The highest BCUT2D eigenvalue weighted by Crippen LogP contribution is 2.36. The Bertz CT molecular complexity index is 499. The Labute approximate surface area is 99.8 Å². The molecule has 6 heteroatoms. The van der Waals surface area contributed by atoms with Gasteiger partial charge in [-0.2, -0.15) is 0 Å². The van der Waals surface area contributed by atoms with Crippen LogP contribution in [-0.4, -0.2) is 17.0 Å². The van der Waals surface area contributed by atoms with Gasteiger partial charge in [-0.15, -0.1) is 0 Å². The van der Waals surface area contributed by atoms with Crippen LogP contribution >= 0.6 is 15.9 Å². The summed E-state index contributed by atoms with van der Waals surface area (Å²) in [6.07, 6.45) is 0.892. The Morgan fingerprint density at radius 3 is 2.81 bits per heavy atom. The summed E-state index contributed by atoms with van der Waals surface area (Å²) in [5.41, 5.74) is 6.88. The zero-order chi connectivity index (χ0) is 11.9. The third-order valence-electron chi connectivity index (χ3n) is 2.50. The van der Waals surface area contributed by atoms with Gasteiger partial charge in [0.2, 0.25) is 5.91 Å². The molecule has 2 rings (SSSR count). The first kappa shape index (κ1) is 10.9. The van der Waals surface area contributed by atoms with Gasteiger partial charge in [0, 0.05) is 10.9 Å². The second-order valence-corrected chi connectivity index (χ2v) is 4.39. The summed E-state index contributed by atoms with van der Waals surface area (Å²) in [6.45, 7) is 0. The van der Waals surface area contributed by atoms with Gasteiger partial charge in [-0.25, -0.2) is 4.79 Å². The largest absolute Gasteiger partial charge is 0.478 e. The topological polar surface area (TPSA) is 92.4 Å². The first-order valence-electron chi connectivity index (χ1n) is 4.64. The molecule has 1 aromatic carbocycles. The average molecular weight is 285 g/mol. The number of hydrogen-bond acceptors (Lipinski definition) is 3. The molecule has 0 spiro atoms. The summed E-state index contributed by atoms with van der Waals surface area (Å²) < 4.78 is 0.541. The van der Waals surface area contributed by atoms with Crippen LogP contribution in [0.3, 0.4) is 0 Å². The molecular formula is C10H9BrN2O3. The highest BCUT2D eigenvalue weighted by atomic mass is 79.9. The van der Waals surface area contributed by atoms with Crippen LogP contribution in [0.4, 0.5) is 11.4 Å². The van der Waals surface area contributed by atoms with Crippen LogP contribution in [0.15, 0.2) is 10.5 Å². The minimum Gasteiger partial charge on any atom is -0.478 e. The van der Waals surface area contributed by atoms with Crippen molar-refractivity contribution in [3.8, 4) is 0 Å². The number of nitrogen functional groups attached to an aromatic ring is 1. The van der Waals surface area contributed by atoms with Crippen molar-refractivity contribution >= 4 is 39.2 Å². The normalized spacial score (nSPS) is 14.2. The summed E-state index contributed by atoms with van der Waals surface area (Å²) >= 11 is 3.21. The molecule has 1 aliphatic rings. The summed E-state index contributed by atoms with van der Waals surface area (Å²) in [5, 5.41) is 11.6. The van der Waals surface area contributed by atoms with Crippen molar-refractivity contribution in [3.05, 3.63) is 21.7 Å². The number of halogens is 1. The Kier molecular flexibility index (Phi) is 2.59. The smallest absolute Gasteiger partial charge is 0.339 e. The molecule has 1 heterocycles. The lowest BCUT2D eigenvalue weighted by atomic mass is 9.98. The van der Waals surface area contributed by atoms with Gasteiger partial charge in [0.25, 0.3) is 0 Å². The van der Waals surface area contributed by atoms with Crippen LogP contribution in [0.1, 0.15) is 22.3 Å². The molecule has 0 bridgehead atoms. The maximum atomic E-state index is 11.2. The van der Waals surface area contributed by atoms with Crippen LogP contribution in [0, 0.1) is 0 Å². The number of aryl methyl sites for hydroxylation is 1. The molecule has 5 nitrogen and oxygen atoms in total. The average Bonchev–Trinajstić information content (AvgIpc) is 2.20. The lowest BCUT2D eigenvalue weighted by Crippen LogP contribution is -2.22. The fourth-order valence-electron chi connectivity index (χ4n) is 1.73. The number of amides is 1. The van der Waals surface area contributed by atoms with Gasteiger partial charge in [-0.3, -0.25) is 4.79 Å². The number of carboxylic acid groups (broad SMARTS) is 1. The lowest BCUT2D eigenvalue weighted by molar-refractivity contribution is -0.116. The van der Waals surface area contributed by atoms with E-state index in [1.807, 2.05) is 0 Å². The second-order valence-electron chi connectivity index (χ2n) is 3.53. The number of carbonyl (C=O) groups is 2. The van der Waals surface area contributed by atoms with E-state index in [9.17, 15) is 9.59 Å². The van der Waals surface area contributed by atoms with E-state index in [-0.39, 0.29) is 17.2 Å². The fraction of sp³-hybridized carbons (Fsp3) is 0.200. The maximum absolute atomic E-state index is 11.2. The van der Waals surface area contributed by atoms with Crippen molar-refractivity contribution in [3.63, 3.8) is 0 Å². The third-order valence-corrected chi connectivity index (χ3v) is 3.15. The second kappa shape index (κ2) is 3.79. The van der Waals surface area contributed by atoms with Crippen molar-refractivity contribution in [2.45, 2.75) is 12.8 Å². The number of carbonyl (C=O) groups excluding carboxylic acids is 1. The number of carboxylic acids is 1. The Morgan fingerprint density at radius 2 is 2.19 bits per heavy atom. The molecule has 4 N–H and O–H groups in total. The van der Waals surface area contributed by atoms with E-state index in [0.29, 0.717) is 23.0 Å². The molecular weight excluding hydrogens is 276 g/mol. The maximum Gasteiger partial charge on any atom is 0.339 e. The predicted octanol–water partition coefficient (Wildman–Crippen LogP) is 1.61. The standard InChI is InChI=1S/C10H9BrN2O3/c11-5-3-4-1-2-6(14)13-9(4)7(8(5)12)10(15)16/h3H,1-2,12H2,(H,13,14)(H,15,16). The zero-order valence-electron chi connectivity index (χ0n) is 8.21. The number of hydrogen-bond donors (Lipinski definition) is 3. The molecule has 1 aromatic rings. The molecule has 0 aromatic heterocycles. The molecule has 1 aliphatic heterocycles. The molecule has 0 saturated carbocycles. The highest BCUT2D eigenvalue weighted by Gasteiger charge is 2.25. The Balaban J connectivity index is 2.70. The quantitative estimate of drug-likeness (QED) is 0.683. The van der Waals surface area contributed by atoms with Crippen molar-refractivity contribution in [1.29, 1.82) is 0 Å². The number of fused-ring (bicyclic) bond motifs is 1. The summed E-state index contributed by atoms with van der Waals surface area (Å²) in [6, 6.07) is 1.75. The molecule has 16 heavy (non-hydrogen) atoms. The van der Waals surface area contributed by atoms with Crippen LogP contribution < -0.4 is 11.1 Å². The molecule has 84 valence electrons. The van der Waals surface area contributed by atoms with Gasteiger partial charge in [0.05, 0.1) is 11.4 Å². The SMILES string of the molecule is Nc1c(Br)cc2c(c1C(=O)O)NC(=O)CC2. The number of aromatic carboxylic acids is 1. The van der Waals surface area contributed by atoms with Crippen molar-refractivity contribution < 1.29 is 14.7 Å². The zero-order valence-corrected chi connectivity index (χ0v) is 9.80. The number of rotatable bonds is 1. The van der Waals surface area contributed by atoms with Crippen molar-refractivity contribution in [2.75, 3.05) is 11.1 Å². The molecule has 0 radical (unpaired) electrons. The van der Waals surface area contributed by atoms with Crippen LogP contribution in [0.25, 0.3) is 0 Å². The number of benzene rings is 1. The van der Waals surface area contributed by atoms with E-state index in [2.05, 4.69) is 21.2 Å². The van der Waals surface area contributed by atoms with Crippen molar-refractivity contribution in [2.24, 2.45) is 0 Å².